The van der Waals surface area contributed by atoms with E-state index in [9.17, 15) is 18.0 Å². The molecule has 0 aliphatic heterocycles. The Morgan fingerprint density at radius 3 is 2.43 bits per heavy atom. The van der Waals surface area contributed by atoms with Crippen molar-refractivity contribution in [1.29, 1.82) is 0 Å². The monoisotopic (exact) mass is 306 g/mol. The first kappa shape index (κ1) is 17.1. The van der Waals surface area contributed by atoms with Gasteiger partial charge in [-0.1, -0.05) is 6.07 Å². The minimum absolute atomic E-state index is 0.204. The Morgan fingerprint density at radius 1 is 1.19 bits per heavy atom. The van der Waals surface area contributed by atoms with Crippen molar-refractivity contribution in [1.82, 2.24) is 10.6 Å². The van der Waals surface area contributed by atoms with E-state index >= 15 is 0 Å². The molecule has 0 aliphatic carbocycles. The lowest BCUT2D eigenvalue weighted by atomic mass is 10.2. The van der Waals surface area contributed by atoms with Gasteiger partial charge < -0.3 is 20.1 Å². The van der Waals surface area contributed by atoms with Crippen LogP contribution >= 0.6 is 0 Å². The average molecular weight is 306 g/mol. The first-order valence-corrected chi connectivity index (χ1v) is 6.11. The number of nitrogens with one attached hydrogen (secondary N) is 2. The van der Waals surface area contributed by atoms with Crippen molar-refractivity contribution >= 4 is 5.91 Å². The highest BCUT2D eigenvalue weighted by atomic mass is 19.4. The molecule has 0 atom stereocenters. The third-order valence-electron chi connectivity index (χ3n) is 2.55. The molecule has 21 heavy (non-hydrogen) atoms. The largest absolute Gasteiger partial charge is 0.493 e. The van der Waals surface area contributed by atoms with Crippen LogP contribution in [0.15, 0.2) is 18.2 Å². The predicted molar refractivity (Wildman–Crippen MR) is 70.3 cm³/mol. The highest BCUT2D eigenvalue weighted by Gasteiger charge is 2.27. The standard InChI is InChI=1S/C13H17F3N2O3/c1-20-10-4-3-9(5-11(10)21-2)6-17-7-12(19)18-8-13(14,15)16/h3-5,17H,6-8H2,1-2H3,(H,18,19). The summed E-state index contributed by atoms with van der Waals surface area (Å²) in [6, 6.07) is 5.20. The number of rotatable bonds is 7. The SMILES string of the molecule is COc1ccc(CNCC(=O)NCC(F)(F)F)cc1OC. The summed E-state index contributed by atoms with van der Waals surface area (Å²) in [7, 11) is 3.01. The zero-order chi connectivity index (χ0) is 15.9. The molecule has 118 valence electrons. The molecule has 0 unspecified atom stereocenters. The smallest absolute Gasteiger partial charge is 0.405 e. The van der Waals surface area contributed by atoms with E-state index < -0.39 is 18.6 Å². The van der Waals surface area contributed by atoms with Crippen LogP contribution in [0.5, 0.6) is 11.5 Å². The van der Waals surface area contributed by atoms with E-state index in [2.05, 4.69) is 5.32 Å². The first-order valence-electron chi connectivity index (χ1n) is 6.11. The third-order valence-corrected chi connectivity index (χ3v) is 2.55. The van der Waals surface area contributed by atoms with E-state index in [1.165, 1.54) is 14.2 Å². The van der Waals surface area contributed by atoms with Crippen molar-refractivity contribution in [2.75, 3.05) is 27.3 Å². The van der Waals surface area contributed by atoms with Crippen molar-refractivity contribution < 1.29 is 27.4 Å². The van der Waals surface area contributed by atoms with Gasteiger partial charge in [-0.15, -0.1) is 0 Å². The van der Waals surface area contributed by atoms with Gasteiger partial charge in [0.25, 0.3) is 0 Å². The Hall–Kier alpha value is -1.96. The van der Waals surface area contributed by atoms with Crippen molar-refractivity contribution in [2.24, 2.45) is 0 Å². The van der Waals surface area contributed by atoms with Crippen LogP contribution in [0, 0.1) is 0 Å². The fourth-order valence-electron chi connectivity index (χ4n) is 1.57. The van der Waals surface area contributed by atoms with Gasteiger partial charge in [-0.05, 0) is 17.7 Å². The molecule has 0 heterocycles. The van der Waals surface area contributed by atoms with Gasteiger partial charge in [-0.3, -0.25) is 4.79 Å². The number of ether oxygens (including phenoxy) is 2. The van der Waals surface area contributed by atoms with Gasteiger partial charge in [0.05, 0.1) is 20.8 Å². The quantitative estimate of drug-likeness (QED) is 0.801. The van der Waals surface area contributed by atoms with Gasteiger partial charge in [0.15, 0.2) is 11.5 Å². The summed E-state index contributed by atoms with van der Waals surface area (Å²) in [5.41, 5.74) is 0.816. The molecule has 5 nitrogen and oxygen atoms in total. The molecule has 0 spiro atoms. The number of hydrogen-bond donors (Lipinski definition) is 2. The third kappa shape index (κ3) is 6.35. The molecular weight excluding hydrogens is 289 g/mol. The second-order valence-electron chi connectivity index (χ2n) is 4.18. The van der Waals surface area contributed by atoms with Crippen LogP contribution in [-0.2, 0) is 11.3 Å². The molecule has 1 aromatic carbocycles. The topological polar surface area (TPSA) is 59.6 Å². The van der Waals surface area contributed by atoms with E-state index in [-0.39, 0.29) is 6.54 Å². The van der Waals surface area contributed by atoms with Gasteiger partial charge in [0.1, 0.15) is 6.54 Å². The summed E-state index contributed by atoms with van der Waals surface area (Å²) in [5.74, 6) is 0.398. The van der Waals surface area contributed by atoms with Crippen LogP contribution in [0.4, 0.5) is 13.2 Å². The summed E-state index contributed by atoms with van der Waals surface area (Å²) in [5, 5.41) is 4.53. The second kappa shape index (κ2) is 7.72. The predicted octanol–water partition coefficient (Wildman–Crippen LogP) is 1.47. The molecule has 0 saturated carbocycles. The molecule has 0 aromatic heterocycles. The van der Waals surface area contributed by atoms with Crippen molar-refractivity contribution in [3.8, 4) is 11.5 Å². The minimum atomic E-state index is -4.40. The van der Waals surface area contributed by atoms with Crippen molar-refractivity contribution in [2.45, 2.75) is 12.7 Å². The van der Waals surface area contributed by atoms with Crippen molar-refractivity contribution in [3.63, 3.8) is 0 Å². The molecule has 8 heteroatoms. The van der Waals surface area contributed by atoms with E-state index in [4.69, 9.17) is 9.47 Å². The molecule has 1 rings (SSSR count). The number of benzene rings is 1. The van der Waals surface area contributed by atoms with E-state index in [1.807, 2.05) is 0 Å². The number of amides is 1. The van der Waals surface area contributed by atoms with Gasteiger partial charge in [-0.2, -0.15) is 13.2 Å². The molecule has 2 N–H and O–H groups in total. The van der Waals surface area contributed by atoms with Crippen LogP contribution in [0.2, 0.25) is 0 Å². The lowest BCUT2D eigenvalue weighted by Crippen LogP contribution is -2.39. The Bertz CT molecular complexity index is 478. The molecule has 0 bridgehead atoms. The van der Waals surface area contributed by atoms with Crippen LogP contribution in [0.1, 0.15) is 5.56 Å². The second-order valence-corrected chi connectivity index (χ2v) is 4.18. The number of alkyl halides is 3. The Balaban J connectivity index is 2.40. The van der Waals surface area contributed by atoms with E-state index in [1.54, 1.807) is 23.5 Å². The van der Waals surface area contributed by atoms with E-state index in [0.29, 0.717) is 18.0 Å². The van der Waals surface area contributed by atoms with Crippen LogP contribution in [-0.4, -0.2) is 39.4 Å². The highest BCUT2D eigenvalue weighted by Crippen LogP contribution is 2.27. The van der Waals surface area contributed by atoms with E-state index in [0.717, 1.165) is 5.56 Å². The van der Waals surface area contributed by atoms with Crippen LogP contribution < -0.4 is 20.1 Å². The molecule has 0 radical (unpaired) electrons. The Kier molecular flexibility index (Phi) is 6.29. The summed E-state index contributed by atoms with van der Waals surface area (Å²) in [6.07, 6.45) is -4.40. The zero-order valence-corrected chi connectivity index (χ0v) is 11.7. The summed E-state index contributed by atoms with van der Waals surface area (Å²) in [4.78, 5) is 11.2. The molecule has 0 saturated heterocycles. The lowest BCUT2D eigenvalue weighted by Gasteiger charge is -2.11. The van der Waals surface area contributed by atoms with Gasteiger partial charge in [0.2, 0.25) is 5.91 Å². The molecule has 1 aromatic rings. The molecule has 1 amide bonds. The van der Waals surface area contributed by atoms with Crippen molar-refractivity contribution in [3.05, 3.63) is 23.8 Å². The summed E-state index contributed by atoms with van der Waals surface area (Å²) < 4.78 is 45.9. The van der Waals surface area contributed by atoms with Gasteiger partial charge in [-0.25, -0.2) is 0 Å². The van der Waals surface area contributed by atoms with Crippen LogP contribution in [0.25, 0.3) is 0 Å². The number of carbonyl (C=O) groups excluding carboxylic acids is 1. The summed E-state index contributed by atoms with van der Waals surface area (Å²) in [6.45, 7) is -1.21. The number of halogens is 3. The molecular formula is C13H17F3N2O3. The first-order chi connectivity index (χ1) is 9.85. The maximum atomic E-state index is 11.9. The Labute approximate surface area is 120 Å². The Morgan fingerprint density at radius 2 is 1.86 bits per heavy atom. The number of hydrogen-bond acceptors (Lipinski definition) is 4. The fourth-order valence-corrected chi connectivity index (χ4v) is 1.57. The molecule has 0 aliphatic rings. The van der Waals surface area contributed by atoms with Gasteiger partial charge >= 0.3 is 6.18 Å². The zero-order valence-electron chi connectivity index (χ0n) is 11.7. The maximum Gasteiger partial charge on any atom is 0.405 e. The van der Waals surface area contributed by atoms with Crippen LogP contribution in [0.3, 0.4) is 0 Å². The molecule has 0 fully saturated rings. The normalized spacial score (nSPS) is 11.1. The number of methoxy groups -OCH3 is 2. The highest BCUT2D eigenvalue weighted by molar-refractivity contribution is 5.78. The van der Waals surface area contributed by atoms with Gasteiger partial charge in [0, 0.05) is 6.54 Å². The minimum Gasteiger partial charge on any atom is -0.493 e. The summed E-state index contributed by atoms with van der Waals surface area (Å²) >= 11 is 0. The lowest BCUT2D eigenvalue weighted by molar-refractivity contribution is -0.137. The maximum absolute atomic E-state index is 11.9. The average Bonchev–Trinajstić information content (AvgIpc) is 2.44. The number of carbonyl (C=O) groups is 1. The fraction of sp³-hybridized carbons (Fsp3) is 0.462.